The van der Waals surface area contributed by atoms with Crippen LogP contribution in [0.4, 0.5) is 0 Å². The lowest BCUT2D eigenvalue weighted by atomic mass is 9.89. The normalized spacial score (nSPS) is 23.7. The molecule has 5 rings (SSSR count). The fourth-order valence-electron chi connectivity index (χ4n) is 5.56. The summed E-state index contributed by atoms with van der Waals surface area (Å²) < 4.78 is 5.72. The molecule has 0 unspecified atom stereocenters. The summed E-state index contributed by atoms with van der Waals surface area (Å²) in [6.07, 6.45) is 0. The van der Waals surface area contributed by atoms with Crippen molar-refractivity contribution in [3.63, 3.8) is 0 Å². The molecule has 1 amide bonds. The molecule has 2 heterocycles. The molecule has 0 bridgehead atoms. The molecule has 0 radical (unpaired) electrons. The highest BCUT2D eigenvalue weighted by atomic mass is 16.5. The molecular formula is C26H28N2O2. The van der Waals surface area contributed by atoms with Crippen LogP contribution in [0, 0.1) is 11.8 Å². The zero-order chi connectivity index (χ0) is 20.7. The van der Waals surface area contributed by atoms with Gasteiger partial charge in [0.15, 0.2) is 0 Å². The van der Waals surface area contributed by atoms with Crippen molar-refractivity contribution in [1.29, 1.82) is 0 Å². The molecule has 154 valence electrons. The number of fused-ring (bicyclic) bond motifs is 2. The molecule has 2 fully saturated rings. The van der Waals surface area contributed by atoms with Crippen molar-refractivity contribution in [3.8, 4) is 5.75 Å². The molecule has 0 spiro atoms. The Bertz CT molecular complexity index is 1070. The molecule has 0 saturated carbocycles. The van der Waals surface area contributed by atoms with Crippen molar-refractivity contribution in [2.24, 2.45) is 11.8 Å². The highest BCUT2D eigenvalue weighted by Crippen LogP contribution is 2.45. The van der Waals surface area contributed by atoms with Gasteiger partial charge < -0.3 is 9.64 Å². The Labute approximate surface area is 178 Å². The first kappa shape index (κ1) is 19.1. The predicted octanol–water partition coefficient (Wildman–Crippen LogP) is 4.50. The number of benzene rings is 3. The van der Waals surface area contributed by atoms with E-state index in [4.69, 9.17) is 4.74 Å². The Kier molecular flexibility index (Phi) is 4.95. The quantitative estimate of drug-likeness (QED) is 0.646. The van der Waals surface area contributed by atoms with Crippen molar-refractivity contribution in [2.45, 2.75) is 19.5 Å². The molecule has 4 nitrogen and oxygen atoms in total. The molecule has 0 N–H and O–H groups in total. The van der Waals surface area contributed by atoms with Gasteiger partial charge in [-0.05, 0) is 28.3 Å². The number of carbonyl (C=O) groups is 1. The molecule has 2 aliphatic heterocycles. The molecule has 0 aliphatic carbocycles. The monoisotopic (exact) mass is 400 g/mol. The van der Waals surface area contributed by atoms with E-state index in [1.165, 1.54) is 21.9 Å². The summed E-state index contributed by atoms with van der Waals surface area (Å²) in [5.74, 6) is 2.12. The third-order valence-corrected chi connectivity index (χ3v) is 6.88. The molecule has 2 saturated heterocycles. The van der Waals surface area contributed by atoms with Crippen LogP contribution >= 0.6 is 0 Å². The van der Waals surface area contributed by atoms with Gasteiger partial charge in [-0.15, -0.1) is 0 Å². The standard InChI is InChI=1S/C26H28N2O2/c1-18(29)28-15-21-14-27(16-23(21)26(28)20-9-4-3-5-10-20)17-24-22-11-7-6-8-19(22)12-13-25(24)30-2/h3-13,21,23,26H,14-17H2,1-2H3/t21-,23-,26-/m1/s1. The summed E-state index contributed by atoms with van der Waals surface area (Å²) in [5, 5.41) is 2.51. The van der Waals surface area contributed by atoms with Crippen LogP contribution in [0.3, 0.4) is 0 Å². The maximum atomic E-state index is 12.4. The first-order valence-corrected chi connectivity index (χ1v) is 10.7. The number of nitrogens with zero attached hydrogens (tertiary/aromatic N) is 2. The van der Waals surface area contributed by atoms with Crippen LogP contribution in [-0.4, -0.2) is 42.5 Å². The highest BCUT2D eigenvalue weighted by Gasteiger charge is 2.48. The second-order valence-electron chi connectivity index (χ2n) is 8.61. The Morgan fingerprint density at radius 3 is 2.50 bits per heavy atom. The van der Waals surface area contributed by atoms with Gasteiger partial charge in [0.1, 0.15) is 5.75 Å². The zero-order valence-electron chi connectivity index (χ0n) is 17.6. The van der Waals surface area contributed by atoms with Crippen LogP contribution in [0.2, 0.25) is 0 Å². The molecule has 30 heavy (non-hydrogen) atoms. The Hall–Kier alpha value is -2.85. The van der Waals surface area contributed by atoms with Crippen LogP contribution in [0.1, 0.15) is 24.1 Å². The number of hydrogen-bond acceptors (Lipinski definition) is 3. The Balaban J connectivity index is 1.43. The maximum Gasteiger partial charge on any atom is 0.219 e. The van der Waals surface area contributed by atoms with Crippen molar-refractivity contribution in [2.75, 3.05) is 26.7 Å². The van der Waals surface area contributed by atoms with E-state index in [0.29, 0.717) is 11.8 Å². The average Bonchev–Trinajstić information content (AvgIpc) is 3.32. The van der Waals surface area contributed by atoms with E-state index in [-0.39, 0.29) is 11.9 Å². The fraction of sp³-hybridized carbons (Fsp3) is 0.346. The summed E-state index contributed by atoms with van der Waals surface area (Å²) in [6.45, 7) is 5.45. The number of rotatable bonds is 4. The molecule has 3 aromatic rings. The number of ether oxygens (including phenoxy) is 1. The lowest BCUT2D eigenvalue weighted by molar-refractivity contribution is -0.130. The van der Waals surface area contributed by atoms with Crippen LogP contribution in [0.25, 0.3) is 10.8 Å². The number of methoxy groups -OCH3 is 1. The van der Waals surface area contributed by atoms with Gasteiger partial charge in [0.2, 0.25) is 5.91 Å². The van der Waals surface area contributed by atoms with E-state index in [9.17, 15) is 4.79 Å². The highest BCUT2D eigenvalue weighted by molar-refractivity contribution is 5.87. The van der Waals surface area contributed by atoms with E-state index in [1.807, 2.05) is 6.07 Å². The van der Waals surface area contributed by atoms with Crippen molar-refractivity contribution in [3.05, 3.63) is 77.9 Å². The van der Waals surface area contributed by atoms with Gasteiger partial charge in [-0.2, -0.15) is 0 Å². The van der Waals surface area contributed by atoms with Gasteiger partial charge in [-0.25, -0.2) is 0 Å². The lowest BCUT2D eigenvalue weighted by Gasteiger charge is -2.29. The van der Waals surface area contributed by atoms with Gasteiger partial charge in [0.25, 0.3) is 0 Å². The van der Waals surface area contributed by atoms with E-state index in [0.717, 1.165) is 31.9 Å². The van der Waals surface area contributed by atoms with Crippen molar-refractivity contribution < 1.29 is 9.53 Å². The maximum absolute atomic E-state index is 12.4. The number of carbonyl (C=O) groups excluding carboxylic acids is 1. The minimum atomic E-state index is 0.174. The third-order valence-electron chi connectivity index (χ3n) is 6.88. The zero-order valence-corrected chi connectivity index (χ0v) is 17.6. The number of amides is 1. The minimum absolute atomic E-state index is 0.174. The summed E-state index contributed by atoms with van der Waals surface area (Å²) in [4.78, 5) is 17.0. The molecular weight excluding hydrogens is 372 g/mol. The Morgan fingerprint density at radius 1 is 0.967 bits per heavy atom. The van der Waals surface area contributed by atoms with Gasteiger partial charge in [0.05, 0.1) is 13.2 Å². The SMILES string of the molecule is COc1ccc2ccccc2c1CN1C[C@@H]2CN(C(C)=O)[C@H](c3ccccc3)[C@@H]2C1. The minimum Gasteiger partial charge on any atom is -0.496 e. The summed E-state index contributed by atoms with van der Waals surface area (Å²) in [7, 11) is 1.75. The Morgan fingerprint density at radius 2 is 1.73 bits per heavy atom. The van der Waals surface area contributed by atoms with Crippen molar-refractivity contribution >= 4 is 16.7 Å². The van der Waals surface area contributed by atoms with Crippen LogP contribution < -0.4 is 4.74 Å². The van der Waals surface area contributed by atoms with Crippen LogP contribution in [-0.2, 0) is 11.3 Å². The first-order chi connectivity index (χ1) is 14.7. The number of hydrogen-bond donors (Lipinski definition) is 0. The molecule has 3 aromatic carbocycles. The first-order valence-electron chi connectivity index (χ1n) is 10.7. The van der Waals surface area contributed by atoms with Crippen molar-refractivity contribution in [1.82, 2.24) is 9.80 Å². The van der Waals surface area contributed by atoms with Gasteiger partial charge in [-0.3, -0.25) is 9.69 Å². The van der Waals surface area contributed by atoms with Crippen LogP contribution in [0.5, 0.6) is 5.75 Å². The molecule has 3 atom stereocenters. The molecule has 0 aromatic heterocycles. The predicted molar refractivity (Wildman–Crippen MR) is 119 cm³/mol. The average molecular weight is 401 g/mol. The van der Waals surface area contributed by atoms with E-state index in [1.54, 1.807) is 14.0 Å². The van der Waals surface area contributed by atoms with Gasteiger partial charge in [0, 0.05) is 44.6 Å². The smallest absolute Gasteiger partial charge is 0.219 e. The van der Waals surface area contributed by atoms with Crippen LogP contribution in [0.15, 0.2) is 66.7 Å². The second kappa shape index (κ2) is 7.77. The van der Waals surface area contributed by atoms with Gasteiger partial charge in [-0.1, -0.05) is 60.7 Å². The van der Waals surface area contributed by atoms with E-state index >= 15 is 0 Å². The fourth-order valence-corrected chi connectivity index (χ4v) is 5.56. The van der Waals surface area contributed by atoms with E-state index < -0.39 is 0 Å². The third kappa shape index (κ3) is 3.25. The lowest BCUT2D eigenvalue weighted by Crippen LogP contribution is -2.34. The summed E-state index contributed by atoms with van der Waals surface area (Å²) in [5.41, 5.74) is 2.51. The molecule has 2 aliphatic rings. The largest absolute Gasteiger partial charge is 0.496 e. The topological polar surface area (TPSA) is 32.8 Å². The molecule has 4 heteroatoms. The number of likely N-dealkylation sites (tertiary alicyclic amines) is 2. The summed E-state index contributed by atoms with van der Waals surface area (Å²) >= 11 is 0. The second-order valence-corrected chi connectivity index (χ2v) is 8.61. The summed E-state index contributed by atoms with van der Waals surface area (Å²) in [6, 6.07) is 23.4. The van der Waals surface area contributed by atoms with Gasteiger partial charge >= 0.3 is 0 Å². The van der Waals surface area contributed by atoms with E-state index in [2.05, 4.69) is 70.5 Å².